The third-order valence-corrected chi connectivity index (χ3v) is 2.67. The highest BCUT2D eigenvalue weighted by Gasteiger charge is 2.19. The first kappa shape index (κ1) is 12.2. The Bertz CT molecular complexity index is 499. The summed E-state index contributed by atoms with van der Waals surface area (Å²) < 4.78 is 10.4. The number of amidine groups is 1. The van der Waals surface area contributed by atoms with Crippen LogP contribution in [0.2, 0.25) is 0 Å². The SMILES string of the molecule is COc1ccc(C2=NNC(=O)CN2C)cc1OC. The standard InChI is InChI=1S/C12H15N3O3/c1-15-7-11(16)13-14-12(15)8-4-5-9(17-2)10(6-8)18-3/h4-6H,7H2,1-3H3,(H,13,16). The number of likely N-dealkylation sites (N-methyl/N-ethyl adjacent to an activating group) is 1. The highest BCUT2D eigenvalue weighted by atomic mass is 16.5. The molecule has 6 heteroatoms. The number of methoxy groups -OCH3 is 2. The molecule has 0 spiro atoms. The van der Waals surface area contributed by atoms with E-state index in [4.69, 9.17) is 9.47 Å². The molecule has 0 bridgehead atoms. The monoisotopic (exact) mass is 249 g/mol. The number of hydrogen-bond donors (Lipinski definition) is 1. The average Bonchev–Trinajstić information content (AvgIpc) is 2.38. The molecule has 1 aromatic carbocycles. The van der Waals surface area contributed by atoms with Crippen LogP contribution in [0.4, 0.5) is 0 Å². The van der Waals surface area contributed by atoms with Crippen LogP contribution in [0.3, 0.4) is 0 Å². The molecule has 1 amide bonds. The Balaban J connectivity index is 2.37. The minimum Gasteiger partial charge on any atom is -0.493 e. The van der Waals surface area contributed by atoms with Gasteiger partial charge in [-0.1, -0.05) is 0 Å². The van der Waals surface area contributed by atoms with Gasteiger partial charge in [0.2, 0.25) is 0 Å². The van der Waals surface area contributed by atoms with Gasteiger partial charge in [-0.05, 0) is 18.2 Å². The molecule has 1 aliphatic heterocycles. The fraction of sp³-hybridized carbons (Fsp3) is 0.333. The molecule has 1 aromatic rings. The maximum atomic E-state index is 11.2. The van der Waals surface area contributed by atoms with E-state index in [0.29, 0.717) is 17.3 Å². The summed E-state index contributed by atoms with van der Waals surface area (Å²) in [6.45, 7) is 0.285. The van der Waals surface area contributed by atoms with Crippen LogP contribution >= 0.6 is 0 Å². The van der Waals surface area contributed by atoms with E-state index >= 15 is 0 Å². The Morgan fingerprint density at radius 1 is 1.28 bits per heavy atom. The van der Waals surface area contributed by atoms with E-state index in [-0.39, 0.29) is 12.5 Å². The van der Waals surface area contributed by atoms with E-state index < -0.39 is 0 Å². The number of amides is 1. The molecular weight excluding hydrogens is 234 g/mol. The van der Waals surface area contributed by atoms with Gasteiger partial charge in [0.1, 0.15) is 0 Å². The van der Waals surface area contributed by atoms with Crippen molar-refractivity contribution in [3.05, 3.63) is 23.8 Å². The van der Waals surface area contributed by atoms with Crippen molar-refractivity contribution in [2.45, 2.75) is 0 Å². The van der Waals surface area contributed by atoms with Crippen molar-refractivity contribution < 1.29 is 14.3 Å². The number of hydrazone groups is 1. The van der Waals surface area contributed by atoms with Gasteiger partial charge in [0.05, 0.1) is 20.8 Å². The van der Waals surface area contributed by atoms with Gasteiger partial charge >= 0.3 is 0 Å². The number of rotatable bonds is 3. The van der Waals surface area contributed by atoms with Crippen LogP contribution in [0.5, 0.6) is 11.5 Å². The minimum absolute atomic E-state index is 0.123. The largest absolute Gasteiger partial charge is 0.493 e. The van der Waals surface area contributed by atoms with Crippen LogP contribution in [0.1, 0.15) is 5.56 Å². The highest BCUT2D eigenvalue weighted by molar-refractivity contribution is 6.03. The van der Waals surface area contributed by atoms with Crippen LogP contribution in [0.25, 0.3) is 0 Å². The van der Waals surface area contributed by atoms with Crippen LogP contribution < -0.4 is 14.9 Å². The van der Waals surface area contributed by atoms with Gasteiger partial charge in [0.25, 0.3) is 5.91 Å². The summed E-state index contributed by atoms with van der Waals surface area (Å²) in [5, 5.41) is 4.04. The van der Waals surface area contributed by atoms with Crippen LogP contribution in [-0.4, -0.2) is 44.5 Å². The summed E-state index contributed by atoms with van der Waals surface area (Å²) >= 11 is 0. The first-order valence-corrected chi connectivity index (χ1v) is 5.45. The normalized spacial score (nSPS) is 14.9. The number of nitrogens with zero attached hydrogens (tertiary/aromatic N) is 2. The zero-order valence-electron chi connectivity index (χ0n) is 10.6. The molecular formula is C12H15N3O3. The number of benzene rings is 1. The Hall–Kier alpha value is -2.24. The van der Waals surface area contributed by atoms with Gasteiger partial charge in [-0.15, -0.1) is 0 Å². The molecule has 0 aromatic heterocycles. The molecule has 0 saturated heterocycles. The van der Waals surface area contributed by atoms with E-state index in [0.717, 1.165) is 5.56 Å². The smallest absolute Gasteiger partial charge is 0.259 e. The van der Waals surface area contributed by atoms with E-state index in [1.54, 1.807) is 25.2 Å². The molecule has 1 N–H and O–H groups in total. The summed E-state index contributed by atoms with van der Waals surface area (Å²) in [6.07, 6.45) is 0. The second-order valence-electron chi connectivity index (χ2n) is 3.90. The molecule has 1 heterocycles. The van der Waals surface area contributed by atoms with Gasteiger partial charge in [0.15, 0.2) is 17.3 Å². The molecule has 0 fully saturated rings. The highest BCUT2D eigenvalue weighted by Crippen LogP contribution is 2.28. The summed E-state index contributed by atoms with van der Waals surface area (Å²) in [4.78, 5) is 12.9. The Morgan fingerprint density at radius 2 is 2.00 bits per heavy atom. The number of carbonyl (C=O) groups is 1. The zero-order valence-corrected chi connectivity index (χ0v) is 10.6. The molecule has 0 saturated carbocycles. The molecule has 0 radical (unpaired) electrons. The van der Waals surface area contributed by atoms with Gasteiger partial charge in [-0.25, -0.2) is 5.43 Å². The number of ether oxygens (including phenoxy) is 2. The topological polar surface area (TPSA) is 63.2 Å². The fourth-order valence-corrected chi connectivity index (χ4v) is 1.79. The van der Waals surface area contributed by atoms with E-state index in [1.807, 2.05) is 19.2 Å². The third-order valence-electron chi connectivity index (χ3n) is 2.67. The predicted octanol–water partition coefficient (Wildman–Crippen LogP) is 0.427. The number of nitrogens with one attached hydrogen (secondary N) is 1. The van der Waals surface area contributed by atoms with Gasteiger partial charge < -0.3 is 14.4 Å². The molecule has 2 rings (SSSR count). The number of carbonyl (C=O) groups excluding carboxylic acids is 1. The van der Waals surface area contributed by atoms with Crippen molar-refractivity contribution in [1.82, 2.24) is 10.3 Å². The summed E-state index contributed by atoms with van der Waals surface area (Å²) in [5.41, 5.74) is 3.32. The molecule has 0 unspecified atom stereocenters. The lowest BCUT2D eigenvalue weighted by atomic mass is 10.1. The number of hydrogen-bond acceptors (Lipinski definition) is 5. The quantitative estimate of drug-likeness (QED) is 0.843. The van der Waals surface area contributed by atoms with Crippen molar-refractivity contribution in [2.24, 2.45) is 5.10 Å². The fourth-order valence-electron chi connectivity index (χ4n) is 1.79. The van der Waals surface area contributed by atoms with Crippen molar-refractivity contribution >= 4 is 11.7 Å². The van der Waals surface area contributed by atoms with Crippen molar-refractivity contribution in [3.8, 4) is 11.5 Å². The van der Waals surface area contributed by atoms with Crippen LogP contribution in [0, 0.1) is 0 Å². The van der Waals surface area contributed by atoms with E-state index in [9.17, 15) is 4.79 Å². The first-order valence-electron chi connectivity index (χ1n) is 5.45. The van der Waals surface area contributed by atoms with E-state index in [2.05, 4.69) is 10.5 Å². The molecule has 18 heavy (non-hydrogen) atoms. The Labute approximate surface area is 105 Å². The van der Waals surface area contributed by atoms with Crippen molar-refractivity contribution in [2.75, 3.05) is 27.8 Å². The zero-order chi connectivity index (χ0) is 13.1. The van der Waals surface area contributed by atoms with Crippen molar-refractivity contribution in [1.29, 1.82) is 0 Å². The molecule has 1 aliphatic rings. The van der Waals surface area contributed by atoms with Gasteiger partial charge in [0, 0.05) is 12.6 Å². The van der Waals surface area contributed by atoms with Crippen molar-refractivity contribution in [3.63, 3.8) is 0 Å². The third kappa shape index (κ3) is 2.22. The summed E-state index contributed by atoms with van der Waals surface area (Å²) in [7, 11) is 4.98. The minimum atomic E-state index is -0.123. The Morgan fingerprint density at radius 3 is 2.61 bits per heavy atom. The van der Waals surface area contributed by atoms with Gasteiger partial charge in [-0.3, -0.25) is 4.79 Å². The second-order valence-corrected chi connectivity index (χ2v) is 3.90. The maximum Gasteiger partial charge on any atom is 0.259 e. The first-order chi connectivity index (χ1) is 8.65. The molecule has 6 nitrogen and oxygen atoms in total. The van der Waals surface area contributed by atoms with Crippen LogP contribution in [0.15, 0.2) is 23.3 Å². The molecule has 0 atom stereocenters. The van der Waals surface area contributed by atoms with Crippen LogP contribution in [-0.2, 0) is 4.79 Å². The van der Waals surface area contributed by atoms with Gasteiger partial charge in [-0.2, -0.15) is 5.10 Å². The Kier molecular flexibility index (Phi) is 3.36. The average molecular weight is 249 g/mol. The predicted molar refractivity (Wildman–Crippen MR) is 66.9 cm³/mol. The second kappa shape index (κ2) is 4.95. The lowest BCUT2D eigenvalue weighted by Gasteiger charge is -2.24. The lowest BCUT2D eigenvalue weighted by Crippen LogP contribution is -2.43. The summed E-state index contributed by atoms with van der Waals surface area (Å²) in [5.74, 6) is 1.85. The molecule has 96 valence electrons. The maximum absolute atomic E-state index is 11.2. The lowest BCUT2D eigenvalue weighted by molar-refractivity contribution is -0.121. The summed E-state index contributed by atoms with van der Waals surface area (Å²) in [6, 6.07) is 5.50. The van der Waals surface area contributed by atoms with E-state index in [1.165, 1.54) is 0 Å². The molecule has 0 aliphatic carbocycles.